The van der Waals surface area contributed by atoms with E-state index in [4.69, 9.17) is 5.26 Å². The monoisotopic (exact) mass is 94.0 g/mol. The van der Waals surface area contributed by atoms with Gasteiger partial charge in [-0.15, -0.1) is 0 Å². The summed E-state index contributed by atoms with van der Waals surface area (Å²) in [6.07, 6.45) is 2.58. The van der Waals surface area contributed by atoms with Crippen LogP contribution in [0.2, 0.25) is 0 Å². The minimum atomic E-state index is 0.250. The molecule has 34 valence electrons. The number of rotatable bonds is 0. The average molecular weight is 94.1 g/mol. The predicted molar refractivity (Wildman–Crippen MR) is 21.2 cm³/mol. The average Bonchev–Trinajstić information content (AvgIpc) is 2.14. The van der Waals surface area contributed by atoms with Crippen LogP contribution >= 0.6 is 0 Å². The number of hydrogen-bond donors (Lipinski definition) is 0. The van der Waals surface area contributed by atoms with Crippen molar-refractivity contribution in [2.24, 2.45) is 0 Å². The van der Waals surface area contributed by atoms with Crippen LogP contribution in [0.5, 0.6) is 0 Å². The highest BCUT2D eigenvalue weighted by Crippen LogP contribution is 1.89. The molecule has 3 nitrogen and oxygen atoms in total. The van der Waals surface area contributed by atoms with Crippen molar-refractivity contribution in [3.8, 4) is 6.07 Å². The van der Waals surface area contributed by atoms with Gasteiger partial charge in [0.15, 0.2) is 6.39 Å². The number of nitrogens with zero attached hydrogens (tertiary/aromatic N) is 2. The number of aromatic nitrogens is 1. The molecular formula is C4H2N2O. The summed E-state index contributed by atoms with van der Waals surface area (Å²) >= 11 is 0. The fraction of sp³-hybridized carbons (Fsp3) is 0. The van der Waals surface area contributed by atoms with Gasteiger partial charge < -0.3 is 4.42 Å². The van der Waals surface area contributed by atoms with E-state index < -0.39 is 0 Å². The Morgan fingerprint density at radius 2 is 2.71 bits per heavy atom. The van der Waals surface area contributed by atoms with E-state index in [1.807, 2.05) is 0 Å². The summed E-state index contributed by atoms with van der Waals surface area (Å²) in [5.41, 5.74) is 0. The van der Waals surface area contributed by atoms with Crippen molar-refractivity contribution in [3.05, 3.63) is 18.4 Å². The predicted octanol–water partition coefficient (Wildman–Crippen LogP) is 0.546. The maximum atomic E-state index is 8.04. The van der Waals surface area contributed by atoms with Crippen molar-refractivity contribution in [1.29, 1.82) is 5.26 Å². The highest BCUT2D eigenvalue weighted by atomic mass is 16.3. The highest BCUT2D eigenvalue weighted by molar-refractivity contribution is 5.09. The van der Waals surface area contributed by atoms with Gasteiger partial charge in [-0.2, -0.15) is 5.26 Å². The maximum Gasteiger partial charge on any atom is 0.223 e. The Kier molecular flexibility index (Phi) is 0.794. The van der Waals surface area contributed by atoms with Gasteiger partial charge in [-0.25, -0.2) is 4.98 Å². The molecule has 0 aliphatic rings. The lowest BCUT2D eigenvalue weighted by Crippen LogP contribution is -1.56. The molecule has 3 heteroatoms. The van der Waals surface area contributed by atoms with Crippen LogP contribution in [0.4, 0.5) is 0 Å². The molecule has 0 amide bonds. The van der Waals surface area contributed by atoms with Gasteiger partial charge in [0.05, 0.1) is 6.20 Å². The molecule has 0 saturated carbocycles. The summed E-state index contributed by atoms with van der Waals surface area (Å²) in [7, 11) is 0. The molecule has 0 aromatic carbocycles. The summed E-state index contributed by atoms with van der Waals surface area (Å²) < 4.78 is 4.51. The topological polar surface area (TPSA) is 49.8 Å². The number of oxazole rings is 1. The second-order valence-electron chi connectivity index (χ2n) is 0.977. The van der Waals surface area contributed by atoms with Crippen LogP contribution in [0, 0.1) is 11.3 Å². The summed E-state index contributed by atoms with van der Waals surface area (Å²) in [5.74, 6) is 0.250. The molecular weight excluding hydrogens is 92.1 g/mol. The molecule has 1 aromatic rings. The Morgan fingerprint density at radius 3 is 3.00 bits per heavy atom. The molecule has 0 unspecified atom stereocenters. The largest absolute Gasteiger partial charge is 0.433 e. The van der Waals surface area contributed by atoms with E-state index in [1.54, 1.807) is 6.07 Å². The third kappa shape index (κ3) is 0.578. The zero-order valence-corrected chi connectivity index (χ0v) is 3.46. The van der Waals surface area contributed by atoms with Gasteiger partial charge in [0.1, 0.15) is 6.07 Å². The fourth-order valence-electron chi connectivity index (χ4n) is 0.271. The lowest BCUT2D eigenvalue weighted by atomic mass is 10.6. The second kappa shape index (κ2) is 1.43. The van der Waals surface area contributed by atoms with Gasteiger partial charge in [0, 0.05) is 0 Å². The number of hydrogen-bond acceptors (Lipinski definition) is 3. The van der Waals surface area contributed by atoms with Crippen LogP contribution < -0.4 is 0 Å². The molecule has 0 radical (unpaired) electrons. The fourth-order valence-corrected chi connectivity index (χ4v) is 0.271. The van der Waals surface area contributed by atoms with Crippen LogP contribution in [-0.2, 0) is 0 Å². The summed E-state index contributed by atoms with van der Waals surface area (Å²) in [6.45, 7) is 0. The normalized spacial score (nSPS) is 7.86. The number of nitriles is 1. The van der Waals surface area contributed by atoms with Crippen LogP contribution in [0.1, 0.15) is 5.76 Å². The van der Waals surface area contributed by atoms with E-state index in [0.29, 0.717) is 0 Å². The minimum absolute atomic E-state index is 0.250. The van der Waals surface area contributed by atoms with E-state index in [0.717, 1.165) is 0 Å². The molecule has 1 rings (SSSR count). The molecule has 0 aliphatic carbocycles. The van der Waals surface area contributed by atoms with Crippen LogP contribution in [-0.4, -0.2) is 4.98 Å². The lowest BCUT2D eigenvalue weighted by Gasteiger charge is -1.63. The first-order valence-corrected chi connectivity index (χ1v) is 1.72. The Bertz CT molecular complexity index is 172. The van der Waals surface area contributed by atoms with Gasteiger partial charge in [0.2, 0.25) is 5.76 Å². The summed E-state index contributed by atoms with van der Waals surface area (Å²) in [6, 6.07) is 1.78. The van der Waals surface area contributed by atoms with Gasteiger partial charge in [0.25, 0.3) is 0 Å². The van der Waals surface area contributed by atoms with E-state index in [-0.39, 0.29) is 5.76 Å². The lowest BCUT2D eigenvalue weighted by molar-refractivity contribution is 0.544. The van der Waals surface area contributed by atoms with E-state index in [9.17, 15) is 0 Å². The second-order valence-corrected chi connectivity index (χ2v) is 0.977. The third-order valence-corrected chi connectivity index (χ3v) is 0.543. The standard InChI is InChI=1S/C4H2N2O/c5-1-4-2-6-3-7-4/h2-3H. The van der Waals surface area contributed by atoms with E-state index >= 15 is 0 Å². The zero-order chi connectivity index (χ0) is 5.11. The van der Waals surface area contributed by atoms with Crippen molar-refractivity contribution < 1.29 is 4.42 Å². The van der Waals surface area contributed by atoms with E-state index in [1.165, 1.54) is 12.6 Å². The first-order valence-electron chi connectivity index (χ1n) is 1.72. The quantitative estimate of drug-likeness (QED) is 0.471. The van der Waals surface area contributed by atoms with Gasteiger partial charge >= 0.3 is 0 Å². The summed E-state index contributed by atoms with van der Waals surface area (Å²) in [5, 5.41) is 8.04. The highest BCUT2D eigenvalue weighted by Gasteiger charge is 1.85. The zero-order valence-electron chi connectivity index (χ0n) is 3.46. The molecule has 0 bridgehead atoms. The molecule has 0 aliphatic heterocycles. The molecule has 7 heavy (non-hydrogen) atoms. The molecule has 0 N–H and O–H groups in total. The first-order chi connectivity index (χ1) is 3.43. The maximum absolute atomic E-state index is 8.04. The molecule has 0 fully saturated rings. The minimum Gasteiger partial charge on any atom is -0.433 e. The van der Waals surface area contributed by atoms with Gasteiger partial charge in [-0.3, -0.25) is 0 Å². The Morgan fingerprint density at radius 1 is 1.86 bits per heavy atom. The first kappa shape index (κ1) is 3.88. The molecule has 0 spiro atoms. The van der Waals surface area contributed by atoms with Crippen LogP contribution in [0.3, 0.4) is 0 Å². The molecule has 1 heterocycles. The smallest absolute Gasteiger partial charge is 0.223 e. The van der Waals surface area contributed by atoms with Gasteiger partial charge in [-0.05, 0) is 0 Å². The van der Waals surface area contributed by atoms with Crippen molar-refractivity contribution in [3.63, 3.8) is 0 Å². The van der Waals surface area contributed by atoms with Crippen molar-refractivity contribution in [2.45, 2.75) is 0 Å². The third-order valence-electron chi connectivity index (χ3n) is 0.543. The Hall–Kier alpha value is -1.30. The van der Waals surface area contributed by atoms with E-state index in [2.05, 4.69) is 9.40 Å². The van der Waals surface area contributed by atoms with Crippen LogP contribution in [0.25, 0.3) is 0 Å². The summed E-state index contributed by atoms with van der Waals surface area (Å²) in [4.78, 5) is 3.50. The van der Waals surface area contributed by atoms with Gasteiger partial charge in [-0.1, -0.05) is 0 Å². The molecule has 1 aromatic heterocycles. The molecule has 0 atom stereocenters. The Balaban J connectivity index is 3.04. The van der Waals surface area contributed by atoms with Crippen molar-refractivity contribution in [1.82, 2.24) is 4.98 Å². The Labute approximate surface area is 40.2 Å². The SMILES string of the molecule is N#Cc1cnco1. The van der Waals surface area contributed by atoms with Crippen molar-refractivity contribution in [2.75, 3.05) is 0 Å². The van der Waals surface area contributed by atoms with Crippen LogP contribution in [0.15, 0.2) is 17.0 Å². The van der Waals surface area contributed by atoms with Crippen molar-refractivity contribution >= 4 is 0 Å². The molecule has 0 saturated heterocycles.